The molecule has 8 heteroatoms. The molecule has 0 aromatic heterocycles. The molecule has 0 aliphatic carbocycles. The first kappa shape index (κ1) is 14.9. The summed E-state index contributed by atoms with van der Waals surface area (Å²) in [5.74, 6) is -3.71. The van der Waals surface area contributed by atoms with Crippen LogP contribution >= 0.6 is 0 Å². The van der Waals surface area contributed by atoms with Gasteiger partial charge in [-0.2, -0.15) is 0 Å². The highest BCUT2D eigenvalue weighted by Crippen LogP contribution is 2.21. The van der Waals surface area contributed by atoms with Crippen LogP contribution in [-0.4, -0.2) is 19.5 Å². The summed E-state index contributed by atoms with van der Waals surface area (Å²) in [4.78, 5) is 10.4. The van der Waals surface area contributed by atoms with Crippen molar-refractivity contribution in [2.75, 3.05) is 4.72 Å². The molecule has 0 saturated heterocycles. The number of sulfonamides is 1. The largest absolute Gasteiger partial charge is 0.478 e. The molecule has 21 heavy (non-hydrogen) atoms. The van der Waals surface area contributed by atoms with Gasteiger partial charge in [-0.3, -0.25) is 4.72 Å². The number of nitrogens with one attached hydrogen (secondary N) is 1. The highest BCUT2D eigenvalue weighted by molar-refractivity contribution is 7.92. The molecule has 0 radical (unpaired) electrons. The number of aromatic carboxylic acids is 1. The quantitative estimate of drug-likeness (QED) is 0.908. The molecule has 5 nitrogen and oxygen atoms in total. The van der Waals surface area contributed by atoms with Gasteiger partial charge in [0.1, 0.15) is 0 Å². The summed E-state index contributed by atoms with van der Waals surface area (Å²) in [6.07, 6.45) is 0. The molecule has 0 aliphatic heterocycles. The van der Waals surface area contributed by atoms with Gasteiger partial charge in [-0.1, -0.05) is 6.07 Å². The van der Waals surface area contributed by atoms with Crippen LogP contribution in [0.5, 0.6) is 0 Å². The fourth-order valence-corrected chi connectivity index (χ4v) is 2.62. The third-order valence-electron chi connectivity index (χ3n) is 2.61. The van der Waals surface area contributed by atoms with Crippen molar-refractivity contribution < 1.29 is 27.1 Å². The van der Waals surface area contributed by atoms with Crippen molar-refractivity contribution in [3.05, 3.63) is 59.7 Å². The molecule has 2 N–H and O–H groups in total. The third-order valence-corrected chi connectivity index (χ3v) is 3.99. The van der Waals surface area contributed by atoms with E-state index in [1.807, 2.05) is 4.72 Å². The second-order valence-corrected chi connectivity index (χ2v) is 5.72. The summed E-state index contributed by atoms with van der Waals surface area (Å²) in [6, 6.07) is 7.39. The van der Waals surface area contributed by atoms with Crippen molar-refractivity contribution >= 4 is 21.7 Å². The van der Waals surface area contributed by atoms with Gasteiger partial charge in [0, 0.05) is 0 Å². The number of hydrogen-bond acceptors (Lipinski definition) is 3. The second kappa shape index (κ2) is 5.49. The molecule has 0 amide bonds. The molecule has 0 unspecified atom stereocenters. The van der Waals surface area contributed by atoms with Crippen molar-refractivity contribution in [2.24, 2.45) is 0 Å². The highest BCUT2D eigenvalue weighted by atomic mass is 32.2. The SMILES string of the molecule is O=C(O)c1ccc(S(=O)(=O)Nc2cccc(F)c2F)cc1. The van der Waals surface area contributed by atoms with Crippen molar-refractivity contribution in [2.45, 2.75) is 4.90 Å². The van der Waals surface area contributed by atoms with E-state index < -0.39 is 33.3 Å². The Morgan fingerprint density at radius 3 is 2.24 bits per heavy atom. The van der Waals surface area contributed by atoms with E-state index in [1.165, 1.54) is 0 Å². The lowest BCUT2D eigenvalue weighted by Gasteiger charge is -2.09. The lowest BCUT2D eigenvalue weighted by atomic mass is 10.2. The minimum Gasteiger partial charge on any atom is -0.478 e. The Morgan fingerprint density at radius 1 is 1.05 bits per heavy atom. The Labute approximate surface area is 118 Å². The van der Waals surface area contributed by atoms with Crippen LogP contribution in [0, 0.1) is 11.6 Å². The van der Waals surface area contributed by atoms with Gasteiger partial charge in [-0.15, -0.1) is 0 Å². The van der Waals surface area contributed by atoms with Crippen LogP contribution in [0.15, 0.2) is 47.4 Å². The number of anilines is 1. The van der Waals surface area contributed by atoms with E-state index >= 15 is 0 Å². The third kappa shape index (κ3) is 3.16. The fraction of sp³-hybridized carbons (Fsp3) is 0. The molecular weight excluding hydrogens is 304 g/mol. The van der Waals surface area contributed by atoms with Gasteiger partial charge in [0.2, 0.25) is 0 Å². The Kier molecular flexibility index (Phi) is 3.90. The van der Waals surface area contributed by atoms with Crippen LogP contribution in [0.25, 0.3) is 0 Å². The zero-order chi connectivity index (χ0) is 15.6. The van der Waals surface area contributed by atoms with Gasteiger partial charge < -0.3 is 5.11 Å². The minimum absolute atomic E-state index is 0.0918. The summed E-state index contributed by atoms with van der Waals surface area (Å²) in [5.41, 5.74) is -0.622. The fourth-order valence-electron chi connectivity index (χ4n) is 1.56. The minimum atomic E-state index is -4.14. The lowest BCUT2D eigenvalue weighted by Crippen LogP contribution is -2.14. The van der Waals surface area contributed by atoms with Gasteiger partial charge in [0.05, 0.1) is 16.1 Å². The summed E-state index contributed by atoms with van der Waals surface area (Å²) in [5, 5.41) is 8.72. The molecule has 0 saturated carbocycles. The molecule has 2 aromatic carbocycles. The van der Waals surface area contributed by atoms with E-state index in [9.17, 15) is 22.0 Å². The van der Waals surface area contributed by atoms with Gasteiger partial charge >= 0.3 is 5.97 Å². The zero-order valence-corrected chi connectivity index (χ0v) is 11.2. The molecule has 0 atom stereocenters. The number of halogens is 2. The molecule has 2 rings (SSSR count). The molecule has 0 spiro atoms. The normalized spacial score (nSPS) is 11.1. The molecule has 0 heterocycles. The van der Waals surface area contributed by atoms with Crippen LogP contribution < -0.4 is 4.72 Å². The highest BCUT2D eigenvalue weighted by Gasteiger charge is 2.18. The average Bonchev–Trinajstić information content (AvgIpc) is 2.44. The zero-order valence-electron chi connectivity index (χ0n) is 10.4. The number of rotatable bonds is 4. The lowest BCUT2D eigenvalue weighted by molar-refractivity contribution is 0.0696. The molecule has 2 aromatic rings. The van der Waals surface area contributed by atoms with Crippen LogP contribution in [0.3, 0.4) is 0 Å². The van der Waals surface area contributed by atoms with Crippen LogP contribution in [0.2, 0.25) is 0 Å². The average molecular weight is 313 g/mol. The molecule has 110 valence electrons. The predicted octanol–water partition coefficient (Wildman–Crippen LogP) is 2.46. The maximum Gasteiger partial charge on any atom is 0.335 e. The standard InChI is InChI=1S/C13H9F2NO4S/c14-10-2-1-3-11(12(10)15)16-21(19,20)9-6-4-8(5-7-9)13(17)18/h1-7,16H,(H,17,18). The van der Waals surface area contributed by atoms with Crippen molar-refractivity contribution in [3.63, 3.8) is 0 Å². The van der Waals surface area contributed by atoms with E-state index in [0.717, 1.165) is 42.5 Å². The van der Waals surface area contributed by atoms with Gasteiger partial charge in [0.15, 0.2) is 11.6 Å². The monoisotopic (exact) mass is 313 g/mol. The Morgan fingerprint density at radius 2 is 1.67 bits per heavy atom. The van der Waals surface area contributed by atoms with Gasteiger partial charge in [0.25, 0.3) is 10.0 Å². The Bertz CT molecular complexity index is 788. The van der Waals surface area contributed by atoms with Crippen molar-refractivity contribution in [1.29, 1.82) is 0 Å². The molecule has 0 aliphatic rings. The van der Waals surface area contributed by atoms with Gasteiger partial charge in [-0.05, 0) is 36.4 Å². The van der Waals surface area contributed by atoms with Crippen molar-refractivity contribution in [3.8, 4) is 0 Å². The topological polar surface area (TPSA) is 83.5 Å². The molecule has 0 bridgehead atoms. The summed E-state index contributed by atoms with van der Waals surface area (Å²) >= 11 is 0. The van der Waals surface area contributed by atoms with Crippen LogP contribution in [0.4, 0.5) is 14.5 Å². The summed E-state index contributed by atoms with van der Waals surface area (Å²) in [6.45, 7) is 0. The van der Waals surface area contributed by atoms with E-state index in [-0.39, 0.29) is 10.5 Å². The smallest absolute Gasteiger partial charge is 0.335 e. The first-order valence-electron chi connectivity index (χ1n) is 5.61. The number of carboxylic acids is 1. The number of benzene rings is 2. The first-order chi connectivity index (χ1) is 9.81. The maximum atomic E-state index is 13.4. The molecular formula is C13H9F2NO4S. The Balaban J connectivity index is 2.34. The molecule has 0 fully saturated rings. The van der Waals surface area contributed by atoms with Crippen molar-refractivity contribution in [1.82, 2.24) is 0 Å². The van der Waals surface area contributed by atoms with E-state index in [2.05, 4.69) is 0 Å². The van der Waals surface area contributed by atoms with Gasteiger partial charge in [-0.25, -0.2) is 22.0 Å². The first-order valence-corrected chi connectivity index (χ1v) is 7.10. The number of carbonyl (C=O) groups is 1. The predicted molar refractivity (Wildman–Crippen MR) is 70.6 cm³/mol. The summed E-state index contributed by atoms with van der Waals surface area (Å²) < 4.78 is 52.4. The van der Waals surface area contributed by atoms with Crippen LogP contribution in [-0.2, 0) is 10.0 Å². The number of hydrogen-bond donors (Lipinski definition) is 2. The van der Waals surface area contributed by atoms with Crippen LogP contribution in [0.1, 0.15) is 10.4 Å². The van der Waals surface area contributed by atoms with E-state index in [1.54, 1.807) is 0 Å². The summed E-state index contributed by atoms with van der Waals surface area (Å²) in [7, 11) is -4.14. The second-order valence-electron chi connectivity index (χ2n) is 4.04. The van der Waals surface area contributed by atoms with E-state index in [4.69, 9.17) is 5.11 Å². The Hall–Kier alpha value is -2.48. The number of carboxylic acid groups (broad SMARTS) is 1. The van der Waals surface area contributed by atoms with E-state index in [0.29, 0.717) is 0 Å². The maximum absolute atomic E-state index is 13.4.